The molecular weight excluding hydrogens is 747 g/mol. The third kappa shape index (κ3) is 7.09. The van der Waals surface area contributed by atoms with Gasteiger partial charge in [0.2, 0.25) is 0 Å². The Morgan fingerprint density at radius 2 is 1.46 bits per heavy atom. The van der Waals surface area contributed by atoms with Crippen molar-refractivity contribution >= 4 is 75.1 Å². The second-order valence-electron chi connectivity index (χ2n) is 14.8. The zero-order chi connectivity index (χ0) is 39.0. The summed E-state index contributed by atoms with van der Waals surface area (Å²) in [7, 11) is 0. The SMILES string of the molecule is O=C(O)Cn1c(=O)/c(=C\c2ccc3c(c2)C2CCCC2N3c2ccc(C=C(c3ccccc3)c3ccccc3)cc2)s/c1=C1/CC(=S)N(Cc2ccccc2)C1=O. The molecule has 1 aliphatic carbocycles. The highest BCUT2D eigenvalue weighted by atomic mass is 32.1. The van der Waals surface area contributed by atoms with Crippen LogP contribution in [0.15, 0.2) is 138 Å². The number of carbonyl (C=O) groups excluding carboxylic acids is 1. The van der Waals surface area contributed by atoms with E-state index in [9.17, 15) is 19.5 Å². The zero-order valence-electron chi connectivity index (χ0n) is 31.1. The Hall–Kier alpha value is -6.16. The summed E-state index contributed by atoms with van der Waals surface area (Å²) in [4.78, 5) is 44.0. The van der Waals surface area contributed by atoms with Gasteiger partial charge in [0.1, 0.15) is 11.2 Å². The predicted molar refractivity (Wildman–Crippen MR) is 232 cm³/mol. The number of carboxylic acids is 1. The first-order chi connectivity index (χ1) is 27.8. The van der Waals surface area contributed by atoms with Crippen LogP contribution in [-0.2, 0) is 22.7 Å². The molecule has 282 valence electrons. The highest BCUT2D eigenvalue weighted by Crippen LogP contribution is 2.52. The van der Waals surface area contributed by atoms with E-state index >= 15 is 0 Å². The maximum absolute atomic E-state index is 13.9. The second-order valence-corrected chi connectivity index (χ2v) is 16.3. The summed E-state index contributed by atoms with van der Waals surface area (Å²) in [5.41, 5.74) is 9.95. The molecule has 9 heteroatoms. The number of likely N-dealkylation sites (tertiary alicyclic amines) is 1. The number of carboxylic acid groups (broad SMARTS) is 1. The number of aliphatic carboxylic acids is 1. The van der Waals surface area contributed by atoms with Crippen molar-refractivity contribution in [1.82, 2.24) is 9.47 Å². The van der Waals surface area contributed by atoms with Crippen LogP contribution in [0.25, 0.3) is 23.3 Å². The van der Waals surface area contributed by atoms with Crippen LogP contribution in [0.3, 0.4) is 0 Å². The summed E-state index contributed by atoms with van der Waals surface area (Å²) in [6, 6.07) is 46.1. The molecule has 57 heavy (non-hydrogen) atoms. The summed E-state index contributed by atoms with van der Waals surface area (Å²) in [5, 5.41) is 9.78. The van der Waals surface area contributed by atoms with Crippen molar-refractivity contribution in [3.05, 3.63) is 186 Å². The third-order valence-corrected chi connectivity index (χ3v) is 12.8. The number of thiocarbonyl (C=S) groups is 1. The second kappa shape index (κ2) is 15.4. The van der Waals surface area contributed by atoms with Crippen LogP contribution in [0, 0.1) is 0 Å². The average Bonchev–Trinajstić information content (AvgIpc) is 3.98. The van der Waals surface area contributed by atoms with Gasteiger partial charge in [-0.2, -0.15) is 0 Å². The van der Waals surface area contributed by atoms with E-state index in [4.69, 9.17) is 12.2 Å². The fourth-order valence-corrected chi connectivity index (χ4v) is 10.1. The number of anilines is 2. The van der Waals surface area contributed by atoms with Crippen LogP contribution >= 0.6 is 23.6 Å². The number of nitrogens with zero attached hydrogens (tertiary/aromatic N) is 3. The lowest BCUT2D eigenvalue weighted by atomic mass is 9.95. The average molecular weight is 786 g/mol. The quantitative estimate of drug-likeness (QED) is 0.118. The number of amides is 1. The van der Waals surface area contributed by atoms with Crippen molar-refractivity contribution in [1.29, 1.82) is 0 Å². The number of hydrogen-bond donors (Lipinski definition) is 1. The first kappa shape index (κ1) is 36.5. The zero-order valence-corrected chi connectivity index (χ0v) is 32.7. The normalized spacial score (nSPS) is 18.6. The maximum Gasteiger partial charge on any atom is 0.323 e. The van der Waals surface area contributed by atoms with E-state index in [1.807, 2.05) is 54.6 Å². The molecule has 5 aromatic carbocycles. The van der Waals surface area contributed by atoms with Crippen LogP contribution in [0.5, 0.6) is 0 Å². The Morgan fingerprint density at radius 1 is 0.807 bits per heavy atom. The molecule has 1 aromatic heterocycles. The van der Waals surface area contributed by atoms with Gasteiger partial charge >= 0.3 is 5.97 Å². The van der Waals surface area contributed by atoms with E-state index in [-0.39, 0.29) is 12.3 Å². The van der Waals surface area contributed by atoms with Gasteiger partial charge in [0.15, 0.2) is 0 Å². The first-order valence-electron chi connectivity index (χ1n) is 19.2. The molecule has 2 unspecified atom stereocenters. The topological polar surface area (TPSA) is 82.8 Å². The van der Waals surface area contributed by atoms with Crippen LogP contribution in [0.4, 0.5) is 11.4 Å². The summed E-state index contributed by atoms with van der Waals surface area (Å²) in [6.07, 6.45) is 7.58. The van der Waals surface area contributed by atoms with Gasteiger partial charge in [-0.15, -0.1) is 11.3 Å². The lowest BCUT2D eigenvalue weighted by molar-refractivity contribution is -0.137. The number of carbonyl (C=O) groups is 2. The van der Waals surface area contributed by atoms with E-state index in [1.165, 1.54) is 32.5 Å². The van der Waals surface area contributed by atoms with Crippen molar-refractivity contribution in [2.75, 3.05) is 4.90 Å². The molecule has 2 aliphatic heterocycles. The van der Waals surface area contributed by atoms with Gasteiger partial charge < -0.3 is 10.0 Å². The number of benzene rings is 5. The molecule has 0 spiro atoms. The molecule has 6 aromatic rings. The van der Waals surface area contributed by atoms with Gasteiger partial charge in [0.05, 0.1) is 21.6 Å². The largest absolute Gasteiger partial charge is 0.480 e. The molecule has 2 atom stereocenters. The van der Waals surface area contributed by atoms with E-state index < -0.39 is 18.1 Å². The van der Waals surface area contributed by atoms with Crippen molar-refractivity contribution in [3.8, 4) is 0 Å². The molecule has 1 N–H and O–H groups in total. The van der Waals surface area contributed by atoms with Crippen molar-refractivity contribution in [3.63, 3.8) is 0 Å². The molecule has 3 aliphatic rings. The van der Waals surface area contributed by atoms with Crippen LogP contribution < -0.4 is 19.7 Å². The van der Waals surface area contributed by atoms with Gasteiger partial charge in [-0.1, -0.05) is 128 Å². The summed E-state index contributed by atoms with van der Waals surface area (Å²) in [5.74, 6) is -1.08. The number of fused-ring (bicyclic) bond motifs is 3. The van der Waals surface area contributed by atoms with Crippen LogP contribution in [0.1, 0.15) is 65.0 Å². The van der Waals surface area contributed by atoms with Crippen molar-refractivity contribution < 1.29 is 14.7 Å². The lowest BCUT2D eigenvalue weighted by Crippen LogP contribution is -2.35. The molecule has 2 fully saturated rings. The molecule has 7 nitrogen and oxygen atoms in total. The monoisotopic (exact) mass is 785 g/mol. The fourth-order valence-electron chi connectivity index (χ4n) is 8.63. The van der Waals surface area contributed by atoms with Crippen molar-refractivity contribution in [2.45, 2.75) is 50.7 Å². The highest BCUT2D eigenvalue weighted by Gasteiger charge is 2.42. The first-order valence-corrected chi connectivity index (χ1v) is 20.5. The number of aromatic nitrogens is 1. The van der Waals surface area contributed by atoms with Gasteiger partial charge in [-0.25, -0.2) is 0 Å². The molecule has 3 heterocycles. The van der Waals surface area contributed by atoms with Crippen molar-refractivity contribution in [2.24, 2.45) is 0 Å². The van der Waals surface area contributed by atoms with Crippen LogP contribution in [0.2, 0.25) is 0 Å². The minimum absolute atomic E-state index is 0.177. The minimum atomic E-state index is -1.15. The Kier molecular flexibility index (Phi) is 9.86. The molecule has 1 saturated carbocycles. The van der Waals surface area contributed by atoms with E-state index in [1.54, 1.807) is 4.90 Å². The van der Waals surface area contributed by atoms with Crippen LogP contribution in [-0.4, -0.2) is 37.5 Å². The number of rotatable bonds is 9. The van der Waals surface area contributed by atoms with E-state index in [2.05, 4.69) is 95.9 Å². The number of hydrogen-bond acceptors (Lipinski definition) is 6. The minimum Gasteiger partial charge on any atom is -0.480 e. The maximum atomic E-state index is 13.9. The van der Waals surface area contributed by atoms with Gasteiger partial charge in [0.25, 0.3) is 11.5 Å². The summed E-state index contributed by atoms with van der Waals surface area (Å²) >= 11 is 6.79. The van der Waals surface area contributed by atoms with E-state index in [0.717, 1.165) is 53.0 Å². The smallest absolute Gasteiger partial charge is 0.323 e. The molecule has 0 radical (unpaired) electrons. The predicted octanol–water partition coefficient (Wildman–Crippen LogP) is 8.11. The fraction of sp³-hybridized carbons (Fsp3) is 0.167. The Balaban J connectivity index is 1.05. The highest BCUT2D eigenvalue weighted by molar-refractivity contribution is 7.80. The van der Waals surface area contributed by atoms with Gasteiger partial charge in [0, 0.05) is 29.8 Å². The molecule has 1 saturated heterocycles. The summed E-state index contributed by atoms with van der Waals surface area (Å²) in [6.45, 7) is -0.230. The third-order valence-electron chi connectivity index (χ3n) is 11.2. The Labute approximate surface area is 339 Å². The summed E-state index contributed by atoms with van der Waals surface area (Å²) < 4.78 is 1.94. The lowest BCUT2D eigenvalue weighted by Gasteiger charge is -2.27. The molecule has 0 bridgehead atoms. The Morgan fingerprint density at radius 3 is 2.12 bits per heavy atom. The molecule has 1 amide bonds. The Bertz CT molecular complexity index is 2700. The van der Waals surface area contributed by atoms with Gasteiger partial charge in [-0.05, 0) is 88.2 Å². The standard InChI is InChI=1S/C48H39N3O4S2/c52-45(53)30-50-47(55)43(57-48(50)40-28-44(56)49(46(40)54)29-32-11-4-1-5-12-32)27-33-21-24-42-39(26-33)37-17-10-18-41(37)51(42)36-22-19-31(20-23-36)25-38(34-13-6-2-7-14-34)35-15-8-3-9-16-35/h1-9,11-16,19-27,37,41H,10,17-18,28-30H2,(H,52,53)/b43-27+,48-40-. The van der Waals surface area contributed by atoms with Gasteiger partial charge in [-0.3, -0.25) is 23.9 Å². The molecule has 9 rings (SSSR count). The molecular formula is C48H39N3O4S2. The van der Waals surface area contributed by atoms with E-state index in [0.29, 0.717) is 38.3 Å². The number of thiazole rings is 1.